The number of hydrogen-bond acceptors (Lipinski definition) is 3. The topological polar surface area (TPSA) is 29.1 Å². The van der Waals surface area contributed by atoms with E-state index in [1.54, 1.807) is 0 Å². The molecule has 1 aromatic heterocycles. The van der Waals surface area contributed by atoms with E-state index in [1.165, 1.54) is 37.0 Å². The van der Waals surface area contributed by atoms with Crippen molar-refractivity contribution in [2.24, 2.45) is 11.8 Å². The summed E-state index contributed by atoms with van der Waals surface area (Å²) < 4.78 is 0. The van der Waals surface area contributed by atoms with Gasteiger partial charge in [-0.2, -0.15) is 0 Å². The van der Waals surface area contributed by atoms with Gasteiger partial charge in [-0.05, 0) is 43.6 Å². The van der Waals surface area contributed by atoms with Gasteiger partial charge in [0.15, 0.2) is 0 Å². The van der Waals surface area contributed by atoms with Gasteiger partial charge in [-0.3, -0.25) is 4.79 Å². The molecule has 1 N–H and O–H groups in total. The van der Waals surface area contributed by atoms with Crippen LogP contribution in [0.25, 0.3) is 0 Å². The zero-order chi connectivity index (χ0) is 11.1. The maximum Gasteiger partial charge on any atom is 0.261 e. The maximum absolute atomic E-state index is 12.0. The molecule has 16 heavy (non-hydrogen) atoms. The Labute approximate surface area is 105 Å². The third-order valence-corrected chi connectivity index (χ3v) is 4.73. The Morgan fingerprint density at radius 2 is 2.00 bits per heavy atom. The van der Waals surface area contributed by atoms with Crippen molar-refractivity contribution in [3.05, 3.63) is 16.3 Å². The van der Waals surface area contributed by atoms with Gasteiger partial charge in [0, 0.05) is 16.3 Å². The molecule has 0 spiro atoms. The molecule has 2 aliphatic rings. The second kappa shape index (κ2) is 4.08. The van der Waals surface area contributed by atoms with Gasteiger partial charge in [-0.15, -0.1) is 24.0 Å². The van der Waals surface area contributed by atoms with Gasteiger partial charge < -0.3 is 5.32 Å². The molecule has 0 radical (unpaired) electrons. The zero-order valence-electron chi connectivity index (χ0n) is 8.98. The second-order valence-electron chi connectivity index (χ2n) is 4.84. The van der Waals surface area contributed by atoms with Gasteiger partial charge in [0.25, 0.3) is 5.91 Å². The summed E-state index contributed by atoms with van der Waals surface area (Å²) in [6.45, 7) is 0. The summed E-state index contributed by atoms with van der Waals surface area (Å²) in [7, 11) is 0. The molecule has 86 valence electrons. The van der Waals surface area contributed by atoms with Crippen LogP contribution < -0.4 is 5.32 Å². The van der Waals surface area contributed by atoms with Crippen molar-refractivity contribution in [3.63, 3.8) is 0 Å². The third kappa shape index (κ3) is 2.28. The molecule has 1 aromatic rings. The lowest BCUT2D eigenvalue weighted by Gasteiger charge is -2.16. The smallest absolute Gasteiger partial charge is 0.261 e. The Morgan fingerprint density at radius 3 is 2.44 bits per heavy atom. The highest BCUT2D eigenvalue weighted by atomic mass is 32.1. The van der Waals surface area contributed by atoms with Crippen LogP contribution in [0.1, 0.15) is 35.4 Å². The first kappa shape index (κ1) is 10.7. The predicted octanol–water partition coefficient (Wildman–Crippen LogP) is 2.96. The summed E-state index contributed by atoms with van der Waals surface area (Å²) in [5.41, 5.74) is 0. The summed E-state index contributed by atoms with van der Waals surface area (Å²) in [6, 6.07) is 2.29. The third-order valence-electron chi connectivity index (χ3n) is 3.37. The SMILES string of the molecule is O=C(NC(C1CC1)C1CC1)c1cc(S)cs1. The molecule has 2 fully saturated rings. The van der Waals surface area contributed by atoms with Crippen molar-refractivity contribution < 1.29 is 4.79 Å². The molecule has 0 bridgehead atoms. The molecule has 3 rings (SSSR count). The van der Waals surface area contributed by atoms with E-state index in [9.17, 15) is 4.79 Å². The van der Waals surface area contributed by atoms with Gasteiger partial charge in [-0.1, -0.05) is 0 Å². The first-order valence-corrected chi connectivity index (χ1v) is 7.15. The first-order chi connectivity index (χ1) is 7.74. The standard InChI is InChI=1S/C12H15NOS2/c14-12(10-5-9(15)6-16-10)13-11(7-1-2-7)8-3-4-8/h5-8,11,15H,1-4H2,(H,13,14). The van der Waals surface area contributed by atoms with E-state index in [-0.39, 0.29) is 5.91 Å². The molecule has 0 atom stereocenters. The molecule has 0 aliphatic heterocycles. The van der Waals surface area contributed by atoms with E-state index in [4.69, 9.17) is 0 Å². The fourth-order valence-electron chi connectivity index (χ4n) is 2.20. The molecule has 1 heterocycles. The molecular formula is C12H15NOS2. The second-order valence-corrected chi connectivity index (χ2v) is 6.27. The van der Waals surface area contributed by atoms with E-state index in [1.807, 2.05) is 11.4 Å². The molecule has 2 nitrogen and oxygen atoms in total. The number of thiophene rings is 1. The highest BCUT2D eigenvalue weighted by Gasteiger charge is 2.42. The maximum atomic E-state index is 12.0. The number of hydrogen-bond donors (Lipinski definition) is 2. The Kier molecular flexibility index (Phi) is 2.72. The Morgan fingerprint density at radius 1 is 1.38 bits per heavy atom. The van der Waals surface area contributed by atoms with Crippen LogP contribution in [0.15, 0.2) is 16.3 Å². The van der Waals surface area contributed by atoms with Gasteiger partial charge in [0.05, 0.1) is 4.88 Å². The molecule has 2 saturated carbocycles. The lowest BCUT2D eigenvalue weighted by atomic mass is 10.1. The zero-order valence-corrected chi connectivity index (χ0v) is 10.7. The Balaban J connectivity index is 1.66. The van der Waals surface area contributed by atoms with Gasteiger partial charge >= 0.3 is 0 Å². The number of nitrogens with one attached hydrogen (secondary N) is 1. The number of carbonyl (C=O) groups excluding carboxylic acids is 1. The average Bonchev–Trinajstić information content (AvgIpc) is 3.14. The lowest BCUT2D eigenvalue weighted by molar-refractivity contribution is 0.0930. The fraction of sp³-hybridized carbons (Fsp3) is 0.583. The summed E-state index contributed by atoms with van der Waals surface area (Å²) in [5, 5.41) is 5.11. The number of amides is 1. The van der Waals surface area contributed by atoms with Crippen LogP contribution >= 0.6 is 24.0 Å². The largest absolute Gasteiger partial charge is 0.348 e. The minimum absolute atomic E-state index is 0.0918. The summed E-state index contributed by atoms with van der Waals surface area (Å²) in [6.07, 6.45) is 5.18. The van der Waals surface area contributed by atoms with E-state index in [0.29, 0.717) is 6.04 Å². The number of carbonyl (C=O) groups is 1. The molecule has 0 unspecified atom stereocenters. The quantitative estimate of drug-likeness (QED) is 0.794. The monoisotopic (exact) mass is 253 g/mol. The molecule has 4 heteroatoms. The van der Waals surface area contributed by atoms with Crippen LogP contribution in [0.2, 0.25) is 0 Å². The van der Waals surface area contributed by atoms with Gasteiger partial charge in [0.2, 0.25) is 0 Å². The van der Waals surface area contributed by atoms with Crippen LogP contribution in [0, 0.1) is 11.8 Å². The summed E-state index contributed by atoms with van der Waals surface area (Å²) in [4.78, 5) is 13.7. The number of thiol groups is 1. The van der Waals surface area contributed by atoms with Crippen molar-refractivity contribution in [2.45, 2.75) is 36.6 Å². The van der Waals surface area contributed by atoms with Crippen molar-refractivity contribution in [3.8, 4) is 0 Å². The molecule has 2 aliphatic carbocycles. The van der Waals surface area contributed by atoms with Crippen molar-refractivity contribution >= 4 is 29.9 Å². The molecule has 0 aromatic carbocycles. The van der Waals surface area contributed by atoms with Gasteiger partial charge in [0.1, 0.15) is 0 Å². The average molecular weight is 253 g/mol. The van der Waals surface area contributed by atoms with E-state index < -0.39 is 0 Å². The van der Waals surface area contributed by atoms with Crippen LogP contribution in [0.4, 0.5) is 0 Å². The van der Waals surface area contributed by atoms with Crippen molar-refractivity contribution in [2.75, 3.05) is 0 Å². The highest BCUT2D eigenvalue weighted by molar-refractivity contribution is 7.80. The van der Waals surface area contributed by atoms with Crippen LogP contribution in [0.5, 0.6) is 0 Å². The van der Waals surface area contributed by atoms with Crippen molar-refractivity contribution in [1.29, 1.82) is 0 Å². The van der Waals surface area contributed by atoms with Crippen LogP contribution in [-0.2, 0) is 0 Å². The van der Waals surface area contributed by atoms with Crippen molar-refractivity contribution in [1.82, 2.24) is 5.32 Å². The molecular weight excluding hydrogens is 238 g/mol. The minimum atomic E-state index is 0.0918. The van der Waals surface area contributed by atoms with E-state index in [0.717, 1.165) is 21.6 Å². The highest BCUT2D eigenvalue weighted by Crippen LogP contribution is 2.44. The fourth-order valence-corrected chi connectivity index (χ4v) is 3.25. The minimum Gasteiger partial charge on any atom is -0.348 e. The van der Waals surface area contributed by atoms with Crippen LogP contribution in [-0.4, -0.2) is 11.9 Å². The van der Waals surface area contributed by atoms with Crippen LogP contribution in [0.3, 0.4) is 0 Å². The van der Waals surface area contributed by atoms with E-state index >= 15 is 0 Å². The first-order valence-electron chi connectivity index (χ1n) is 5.82. The number of rotatable bonds is 4. The van der Waals surface area contributed by atoms with E-state index in [2.05, 4.69) is 17.9 Å². The normalized spacial score (nSPS) is 20.1. The van der Waals surface area contributed by atoms with Gasteiger partial charge in [-0.25, -0.2) is 0 Å². The Bertz CT molecular complexity index is 395. The molecule has 0 saturated heterocycles. The Hall–Kier alpha value is -0.480. The lowest BCUT2D eigenvalue weighted by Crippen LogP contribution is -2.37. The summed E-state index contributed by atoms with van der Waals surface area (Å²) >= 11 is 5.70. The predicted molar refractivity (Wildman–Crippen MR) is 68.3 cm³/mol. The molecule has 1 amide bonds. The summed E-state index contributed by atoms with van der Waals surface area (Å²) in [5.74, 6) is 1.60.